The maximum absolute atomic E-state index is 13.6. The number of hydrogen-bond donors (Lipinski definition) is 2. The Morgan fingerprint density at radius 2 is 1.67 bits per heavy atom. The number of ketones is 1. The molecule has 1 unspecified atom stereocenters. The summed E-state index contributed by atoms with van der Waals surface area (Å²) in [7, 11) is 5.08. The summed E-state index contributed by atoms with van der Waals surface area (Å²) in [5.41, 5.74) is 1.28. The number of carbonyl (C=O) groups excluding carboxylic acids is 3. The van der Waals surface area contributed by atoms with Gasteiger partial charge in [-0.05, 0) is 44.4 Å². The molecule has 0 aliphatic rings. The molecule has 2 heterocycles. The van der Waals surface area contributed by atoms with Crippen LogP contribution < -0.4 is 21.1 Å². The zero-order chi connectivity index (χ0) is 33.8. The van der Waals surface area contributed by atoms with Gasteiger partial charge in [0.05, 0.1) is 24.3 Å². The number of anilines is 2. The molecule has 4 aromatic rings. The van der Waals surface area contributed by atoms with Gasteiger partial charge in [-0.3, -0.25) is 24.3 Å². The second-order valence-corrected chi connectivity index (χ2v) is 11.9. The highest BCUT2D eigenvalue weighted by Gasteiger charge is 2.34. The first kappa shape index (κ1) is 33.6. The largest absolute Gasteiger partial charge is 0.453 e. The highest BCUT2D eigenvalue weighted by Crippen LogP contribution is 2.32. The van der Waals surface area contributed by atoms with Crippen molar-refractivity contribution in [3.63, 3.8) is 0 Å². The van der Waals surface area contributed by atoms with E-state index in [-0.39, 0.29) is 34.9 Å². The molecule has 13 nitrogen and oxygen atoms in total. The molecule has 0 saturated heterocycles. The lowest BCUT2D eigenvalue weighted by atomic mass is 9.84. The molecule has 2 aromatic carbocycles. The molecule has 0 saturated carbocycles. The van der Waals surface area contributed by atoms with Crippen LogP contribution in [-0.4, -0.2) is 64.8 Å². The second-order valence-electron chi connectivity index (χ2n) is 11.9. The van der Waals surface area contributed by atoms with Crippen LogP contribution in [0.5, 0.6) is 0 Å². The number of Topliss-reactive ketones (excluding diaryl/α,β-unsaturated/α-hetero) is 1. The molecule has 0 spiro atoms. The Kier molecular flexibility index (Phi) is 10.0. The minimum atomic E-state index is -1.04. The van der Waals surface area contributed by atoms with Gasteiger partial charge >= 0.3 is 6.09 Å². The van der Waals surface area contributed by atoms with Gasteiger partial charge < -0.3 is 19.4 Å². The zero-order valence-corrected chi connectivity index (χ0v) is 27.2. The normalized spacial score (nSPS) is 12.0. The summed E-state index contributed by atoms with van der Waals surface area (Å²) in [5.74, 6) is -1.35. The topological polar surface area (TPSA) is 162 Å². The maximum atomic E-state index is 13.6. The summed E-state index contributed by atoms with van der Waals surface area (Å²) >= 11 is 0. The van der Waals surface area contributed by atoms with Crippen LogP contribution in [0.3, 0.4) is 0 Å². The first-order valence-corrected chi connectivity index (χ1v) is 14.7. The average Bonchev–Trinajstić information content (AvgIpc) is 3.54. The molecular formula is C33H39N7O6. The van der Waals surface area contributed by atoms with E-state index in [2.05, 4.69) is 30.6 Å². The molecule has 0 fully saturated rings. The number of rotatable bonds is 11. The van der Waals surface area contributed by atoms with Crippen LogP contribution in [0.25, 0.3) is 11.4 Å². The van der Waals surface area contributed by atoms with Gasteiger partial charge in [0.2, 0.25) is 17.6 Å². The maximum Gasteiger partial charge on any atom is 0.411 e. The molecule has 4 rings (SSSR count). The second kappa shape index (κ2) is 13.8. The third-order valence-corrected chi connectivity index (χ3v) is 7.64. The van der Waals surface area contributed by atoms with Crippen molar-refractivity contribution in [1.29, 1.82) is 0 Å². The summed E-state index contributed by atoms with van der Waals surface area (Å²) in [6.45, 7) is 8.45. The van der Waals surface area contributed by atoms with Crippen molar-refractivity contribution >= 4 is 29.2 Å². The number of aryl methyl sites for hydroxylation is 1. The summed E-state index contributed by atoms with van der Waals surface area (Å²) in [6.07, 6.45) is -0.858. The van der Waals surface area contributed by atoms with E-state index in [1.165, 1.54) is 7.11 Å². The van der Waals surface area contributed by atoms with Crippen LogP contribution in [0.4, 0.5) is 16.2 Å². The lowest BCUT2D eigenvalue weighted by Crippen LogP contribution is -2.47. The van der Waals surface area contributed by atoms with E-state index >= 15 is 0 Å². The number of hydrogen-bond acceptors (Lipinski definition) is 10. The number of amides is 2. The van der Waals surface area contributed by atoms with Crippen LogP contribution in [0.2, 0.25) is 0 Å². The van der Waals surface area contributed by atoms with E-state index in [1.54, 1.807) is 45.0 Å². The molecule has 46 heavy (non-hydrogen) atoms. The number of benzene rings is 2. The molecule has 0 aliphatic carbocycles. The quantitative estimate of drug-likeness (QED) is 0.230. The van der Waals surface area contributed by atoms with Gasteiger partial charge in [0, 0.05) is 25.3 Å². The molecule has 1 atom stereocenters. The highest BCUT2D eigenvalue weighted by molar-refractivity contribution is 5.98. The van der Waals surface area contributed by atoms with Gasteiger partial charge in [0.15, 0.2) is 0 Å². The van der Waals surface area contributed by atoms with Gasteiger partial charge in [-0.15, -0.1) is 10.2 Å². The summed E-state index contributed by atoms with van der Waals surface area (Å²) < 4.78 is 11.7. The number of aromatic nitrogens is 4. The van der Waals surface area contributed by atoms with E-state index < -0.39 is 41.3 Å². The van der Waals surface area contributed by atoms with Crippen molar-refractivity contribution in [2.45, 2.75) is 52.6 Å². The number of methoxy groups -OCH3 is 1. The monoisotopic (exact) mass is 629 g/mol. The van der Waals surface area contributed by atoms with Crippen LogP contribution in [0, 0.1) is 12.8 Å². The van der Waals surface area contributed by atoms with E-state index in [9.17, 15) is 19.2 Å². The number of ether oxygens (including phenoxy) is 1. The molecule has 0 bridgehead atoms. The lowest BCUT2D eigenvalue weighted by molar-refractivity contribution is -0.122. The standard InChI is InChI=1S/C33H39N7O6/c1-19(2)25(27(42)29-37-38-31(46-29)33(4,5)22-14-16-23(17-15-22)39(6)7)35-24(41)18-40-28(21-12-10-9-11-13-21)34-20(3)26(30(40)43)36-32(44)45-8/h9-17,19,25H,18H2,1-8H3,(H,35,41)(H,36,44). The predicted molar refractivity (Wildman–Crippen MR) is 173 cm³/mol. The Morgan fingerprint density at radius 1 is 1.02 bits per heavy atom. The van der Waals surface area contributed by atoms with Gasteiger partial charge in [-0.1, -0.05) is 56.3 Å². The van der Waals surface area contributed by atoms with Gasteiger partial charge in [0.1, 0.15) is 18.1 Å². The average molecular weight is 630 g/mol. The number of nitrogens with zero attached hydrogens (tertiary/aromatic N) is 5. The Labute approximate surface area is 267 Å². The third-order valence-electron chi connectivity index (χ3n) is 7.64. The first-order chi connectivity index (χ1) is 21.7. The fourth-order valence-corrected chi connectivity index (χ4v) is 4.82. The molecule has 242 valence electrons. The molecule has 2 N–H and O–H groups in total. The SMILES string of the molecule is COC(=O)Nc1c(C)nc(-c2ccccc2)n(CC(=O)NC(C(=O)c2nnc(C(C)(C)c3ccc(N(C)C)cc3)o2)C(C)C)c1=O. The highest BCUT2D eigenvalue weighted by atomic mass is 16.5. The van der Waals surface area contributed by atoms with Crippen LogP contribution in [0.15, 0.2) is 63.8 Å². The molecule has 13 heteroatoms. The molecular weight excluding hydrogens is 590 g/mol. The fraction of sp³-hybridized carbons (Fsp3) is 0.364. The first-order valence-electron chi connectivity index (χ1n) is 14.7. The number of nitrogens with one attached hydrogen (secondary N) is 2. The summed E-state index contributed by atoms with van der Waals surface area (Å²) in [4.78, 5) is 59.1. The Morgan fingerprint density at radius 3 is 2.26 bits per heavy atom. The van der Waals surface area contributed by atoms with Crippen molar-refractivity contribution in [3.8, 4) is 11.4 Å². The van der Waals surface area contributed by atoms with Gasteiger partial charge in [-0.2, -0.15) is 0 Å². The molecule has 2 amide bonds. The molecule has 0 radical (unpaired) electrons. The Bertz CT molecular complexity index is 1780. The molecule has 2 aromatic heterocycles. The minimum Gasteiger partial charge on any atom is -0.453 e. The predicted octanol–water partition coefficient (Wildman–Crippen LogP) is 4.20. The lowest BCUT2D eigenvalue weighted by Gasteiger charge is -2.22. The minimum absolute atomic E-state index is 0.131. The van der Waals surface area contributed by atoms with Crippen molar-refractivity contribution in [2.75, 3.05) is 31.4 Å². The van der Waals surface area contributed by atoms with E-state index in [0.29, 0.717) is 5.56 Å². The van der Waals surface area contributed by atoms with Crippen molar-refractivity contribution in [3.05, 3.63) is 88.0 Å². The van der Waals surface area contributed by atoms with Gasteiger partial charge in [-0.25, -0.2) is 9.78 Å². The van der Waals surface area contributed by atoms with E-state index in [4.69, 9.17) is 4.42 Å². The zero-order valence-electron chi connectivity index (χ0n) is 27.2. The van der Waals surface area contributed by atoms with E-state index in [0.717, 1.165) is 15.8 Å². The van der Waals surface area contributed by atoms with Crippen molar-refractivity contribution in [2.24, 2.45) is 5.92 Å². The summed E-state index contributed by atoms with van der Waals surface area (Å²) in [6, 6.07) is 15.7. The fourth-order valence-electron chi connectivity index (χ4n) is 4.82. The van der Waals surface area contributed by atoms with Crippen LogP contribution >= 0.6 is 0 Å². The van der Waals surface area contributed by atoms with Crippen molar-refractivity contribution in [1.82, 2.24) is 25.1 Å². The Balaban J connectivity index is 1.60. The molecule has 0 aliphatic heterocycles. The summed E-state index contributed by atoms with van der Waals surface area (Å²) in [5, 5.41) is 13.3. The van der Waals surface area contributed by atoms with E-state index in [1.807, 2.05) is 63.2 Å². The van der Waals surface area contributed by atoms with Crippen LogP contribution in [0.1, 0.15) is 55.5 Å². The smallest absolute Gasteiger partial charge is 0.411 e. The van der Waals surface area contributed by atoms with Gasteiger partial charge in [0.25, 0.3) is 11.4 Å². The third kappa shape index (κ3) is 7.14. The van der Waals surface area contributed by atoms with Crippen LogP contribution in [-0.2, 0) is 21.5 Å². The number of carbonyl (C=O) groups is 3. The Hall–Kier alpha value is -5.33. The van der Waals surface area contributed by atoms with Crippen molar-refractivity contribution < 1.29 is 23.5 Å².